The predicted octanol–water partition coefficient (Wildman–Crippen LogP) is 2.64. The zero-order chi connectivity index (χ0) is 19.9. The first-order valence-electron chi connectivity index (χ1n) is 8.74. The summed E-state index contributed by atoms with van der Waals surface area (Å²) < 4.78 is 5.34. The van der Waals surface area contributed by atoms with Crippen LogP contribution < -0.4 is 15.8 Å². The van der Waals surface area contributed by atoms with Crippen molar-refractivity contribution in [2.75, 3.05) is 37.0 Å². The van der Waals surface area contributed by atoms with Crippen LogP contribution in [0.2, 0.25) is 5.02 Å². The van der Waals surface area contributed by atoms with Crippen molar-refractivity contribution in [3.05, 3.63) is 45.4 Å². The molecule has 0 atom stereocenters. The molecule has 0 spiro atoms. The summed E-state index contributed by atoms with van der Waals surface area (Å²) in [6.07, 6.45) is 0. The largest absolute Gasteiger partial charge is 0.378 e. The molecule has 1 aromatic carbocycles. The molecule has 10 heteroatoms. The van der Waals surface area contributed by atoms with Crippen LogP contribution >= 0.6 is 34.7 Å². The highest BCUT2D eigenvalue weighted by Crippen LogP contribution is 2.26. The van der Waals surface area contributed by atoms with Gasteiger partial charge in [0.1, 0.15) is 4.88 Å². The Morgan fingerprint density at radius 2 is 1.96 bits per heavy atom. The summed E-state index contributed by atoms with van der Waals surface area (Å²) in [5, 5.41) is 1.49. The highest BCUT2D eigenvalue weighted by Gasteiger charge is 2.20. The zero-order valence-corrected chi connectivity index (χ0v) is 17.8. The quantitative estimate of drug-likeness (QED) is 0.672. The number of amides is 2. The molecule has 1 aromatic heterocycles. The van der Waals surface area contributed by atoms with Gasteiger partial charge in [-0.15, -0.1) is 11.8 Å². The molecule has 2 N–H and O–H groups in total. The van der Waals surface area contributed by atoms with Crippen LogP contribution in [0, 0.1) is 6.92 Å². The summed E-state index contributed by atoms with van der Waals surface area (Å²) in [6, 6.07) is 7.49. The van der Waals surface area contributed by atoms with E-state index in [4.69, 9.17) is 16.3 Å². The van der Waals surface area contributed by atoms with Crippen molar-refractivity contribution >= 4 is 51.6 Å². The van der Waals surface area contributed by atoms with Crippen molar-refractivity contribution in [1.29, 1.82) is 0 Å². The molecule has 2 heterocycles. The molecule has 1 saturated heterocycles. The van der Waals surface area contributed by atoms with E-state index in [1.807, 2.05) is 24.3 Å². The van der Waals surface area contributed by atoms with Crippen LogP contribution in [-0.2, 0) is 15.3 Å². The Morgan fingerprint density at radius 3 is 2.68 bits per heavy atom. The van der Waals surface area contributed by atoms with Crippen molar-refractivity contribution in [2.45, 2.75) is 12.7 Å². The van der Waals surface area contributed by atoms with Gasteiger partial charge in [0, 0.05) is 23.9 Å². The van der Waals surface area contributed by atoms with E-state index in [0.717, 1.165) is 23.8 Å². The van der Waals surface area contributed by atoms with Gasteiger partial charge in [-0.05, 0) is 24.6 Å². The van der Waals surface area contributed by atoms with E-state index in [9.17, 15) is 9.59 Å². The number of aryl methyl sites for hydroxylation is 1. The lowest BCUT2D eigenvalue weighted by molar-refractivity contribution is -0.119. The second kappa shape index (κ2) is 10.1. The number of hydrazine groups is 1. The molecule has 0 aliphatic carbocycles. The first-order chi connectivity index (χ1) is 13.5. The molecule has 0 radical (unpaired) electrons. The second-order valence-corrected chi connectivity index (χ2v) is 8.53. The lowest BCUT2D eigenvalue weighted by Crippen LogP contribution is -2.42. The highest BCUT2D eigenvalue weighted by molar-refractivity contribution is 7.99. The van der Waals surface area contributed by atoms with Gasteiger partial charge in [-0.1, -0.05) is 35.1 Å². The maximum atomic E-state index is 12.4. The summed E-state index contributed by atoms with van der Waals surface area (Å²) >= 11 is 8.63. The van der Waals surface area contributed by atoms with Crippen molar-refractivity contribution in [1.82, 2.24) is 15.8 Å². The van der Waals surface area contributed by atoms with Gasteiger partial charge >= 0.3 is 0 Å². The molecule has 1 aliphatic rings. The number of nitrogens with one attached hydrogen (secondary N) is 2. The van der Waals surface area contributed by atoms with E-state index in [1.165, 1.54) is 23.1 Å². The molecule has 3 rings (SSSR count). The molecular formula is C18H21ClN4O3S2. The molecule has 2 aromatic rings. The number of halogens is 1. The van der Waals surface area contributed by atoms with E-state index in [2.05, 4.69) is 20.7 Å². The molecule has 150 valence electrons. The van der Waals surface area contributed by atoms with E-state index in [-0.39, 0.29) is 17.6 Å². The fourth-order valence-electron chi connectivity index (χ4n) is 2.54. The van der Waals surface area contributed by atoms with Crippen molar-refractivity contribution < 1.29 is 14.3 Å². The van der Waals surface area contributed by atoms with Crippen LogP contribution in [0.3, 0.4) is 0 Å². The standard InChI is InChI=1S/C18H21ClN4O3S2/c1-12-16(28-18(20-12)23-6-8-26-9-7-23)17(25)22-21-15(24)11-27-10-13-2-4-14(19)5-3-13/h2-5H,6-11H2,1H3,(H,21,24)(H,22,25). The first kappa shape index (κ1) is 20.9. The average molecular weight is 441 g/mol. The monoisotopic (exact) mass is 440 g/mol. The first-order valence-corrected chi connectivity index (χ1v) is 11.1. The van der Waals surface area contributed by atoms with Crippen molar-refractivity contribution in [3.8, 4) is 0 Å². The van der Waals surface area contributed by atoms with Crippen molar-refractivity contribution in [2.24, 2.45) is 0 Å². The van der Waals surface area contributed by atoms with E-state index in [1.54, 1.807) is 6.92 Å². The molecule has 1 fully saturated rings. The SMILES string of the molecule is Cc1nc(N2CCOCC2)sc1C(=O)NNC(=O)CSCc1ccc(Cl)cc1. The number of thioether (sulfide) groups is 1. The molecule has 1 aliphatic heterocycles. The third-order valence-corrected chi connectivity index (χ3v) is 6.48. The Kier molecular flexibility index (Phi) is 7.55. The smallest absolute Gasteiger partial charge is 0.281 e. The normalized spacial score (nSPS) is 14.0. The van der Waals surface area contributed by atoms with Gasteiger partial charge in [0.2, 0.25) is 5.91 Å². The summed E-state index contributed by atoms with van der Waals surface area (Å²) in [5.74, 6) is 0.312. The summed E-state index contributed by atoms with van der Waals surface area (Å²) in [5.41, 5.74) is 6.66. The van der Waals surface area contributed by atoms with Gasteiger partial charge in [0.05, 0.1) is 24.7 Å². The predicted molar refractivity (Wildman–Crippen MR) is 113 cm³/mol. The minimum atomic E-state index is -0.356. The second-order valence-electron chi connectivity index (χ2n) is 6.13. The molecule has 28 heavy (non-hydrogen) atoms. The number of aromatic nitrogens is 1. The number of benzene rings is 1. The maximum Gasteiger partial charge on any atom is 0.281 e. The van der Waals surface area contributed by atoms with Gasteiger partial charge in [0.25, 0.3) is 5.91 Å². The van der Waals surface area contributed by atoms with Gasteiger partial charge in [-0.2, -0.15) is 0 Å². The molecule has 7 nitrogen and oxygen atoms in total. The Labute approximate surface area is 176 Å². The Hall–Kier alpha value is -1.81. The number of morpholine rings is 1. The average Bonchev–Trinajstić information content (AvgIpc) is 3.10. The number of anilines is 1. The van der Waals surface area contributed by atoms with Crippen LogP contribution in [0.5, 0.6) is 0 Å². The maximum absolute atomic E-state index is 12.4. The van der Waals surface area contributed by atoms with E-state index in [0.29, 0.717) is 34.6 Å². The fourth-order valence-corrected chi connectivity index (χ4v) is 4.47. The number of carbonyl (C=O) groups excluding carboxylic acids is 2. The van der Waals surface area contributed by atoms with Gasteiger partial charge < -0.3 is 9.64 Å². The minimum absolute atomic E-state index is 0.240. The lowest BCUT2D eigenvalue weighted by Gasteiger charge is -2.25. The van der Waals surface area contributed by atoms with E-state index >= 15 is 0 Å². The minimum Gasteiger partial charge on any atom is -0.378 e. The Morgan fingerprint density at radius 1 is 1.25 bits per heavy atom. The number of nitrogens with zero attached hydrogens (tertiary/aromatic N) is 2. The van der Waals surface area contributed by atoms with E-state index < -0.39 is 0 Å². The fraction of sp³-hybridized carbons (Fsp3) is 0.389. The third-order valence-electron chi connectivity index (χ3n) is 4.00. The zero-order valence-electron chi connectivity index (χ0n) is 15.4. The van der Waals surface area contributed by atoms with Crippen molar-refractivity contribution in [3.63, 3.8) is 0 Å². The third kappa shape index (κ3) is 5.84. The highest BCUT2D eigenvalue weighted by atomic mass is 35.5. The molecule has 2 amide bonds. The molecule has 0 bridgehead atoms. The number of hydrogen-bond acceptors (Lipinski definition) is 7. The Bertz CT molecular complexity index is 823. The lowest BCUT2D eigenvalue weighted by atomic mass is 10.2. The number of rotatable bonds is 6. The topological polar surface area (TPSA) is 83.6 Å². The number of hydrogen-bond donors (Lipinski definition) is 2. The summed E-state index contributed by atoms with van der Waals surface area (Å²) in [4.78, 5) is 31.4. The molecule has 0 saturated carbocycles. The number of ether oxygens (including phenoxy) is 1. The number of thiazole rings is 1. The molecular weight excluding hydrogens is 420 g/mol. The van der Waals surface area contributed by atoms with Crippen LogP contribution in [0.1, 0.15) is 20.9 Å². The van der Waals surface area contributed by atoms with Gasteiger partial charge in [-0.25, -0.2) is 4.98 Å². The summed E-state index contributed by atoms with van der Waals surface area (Å²) in [6.45, 7) is 4.62. The van der Waals surface area contributed by atoms with Gasteiger partial charge in [-0.3, -0.25) is 20.4 Å². The van der Waals surface area contributed by atoms with Crippen LogP contribution in [0.4, 0.5) is 5.13 Å². The molecule has 0 unspecified atom stereocenters. The summed E-state index contributed by atoms with van der Waals surface area (Å²) in [7, 11) is 0. The number of carbonyl (C=O) groups is 2. The van der Waals surface area contributed by atoms with Crippen LogP contribution in [0.25, 0.3) is 0 Å². The van der Waals surface area contributed by atoms with Gasteiger partial charge in [0.15, 0.2) is 5.13 Å². The van der Waals surface area contributed by atoms with Crippen LogP contribution in [0.15, 0.2) is 24.3 Å². The Balaban J connectivity index is 1.43. The van der Waals surface area contributed by atoms with Crippen LogP contribution in [-0.4, -0.2) is 48.9 Å².